The van der Waals surface area contributed by atoms with Crippen LogP contribution in [0, 0.1) is 11.3 Å². The van der Waals surface area contributed by atoms with Crippen molar-refractivity contribution in [1.29, 1.82) is 0 Å². The van der Waals surface area contributed by atoms with Gasteiger partial charge >= 0.3 is 17.9 Å². The molecule has 1 rings (SSSR count). The Bertz CT molecular complexity index is 416. The molecule has 118 valence electrons. The number of carboxylic acid groups (broad SMARTS) is 1. The summed E-state index contributed by atoms with van der Waals surface area (Å²) in [7, 11) is 0. The van der Waals surface area contributed by atoms with E-state index >= 15 is 0 Å². The van der Waals surface area contributed by atoms with E-state index in [4.69, 9.17) is 9.47 Å². The zero-order valence-electron chi connectivity index (χ0n) is 12.3. The standard InChI is InChI=1S/C15H22O6/c1-3-12(16)20-9-6-10-21-13(17)11-7-4-5-8-15(11,2)14(18)19/h3,11H,1,4-10H2,2H3,(H,18,19). The number of carbonyl (C=O) groups excluding carboxylic acids is 2. The Balaban J connectivity index is 2.41. The fraction of sp³-hybridized carbons (Fsp3) is 0.667. The summed E-state index contributed by atoms with van der Waals surface area (Å²) in [5, 5.41) is 9.34. The van der Waals surface area contributed by atoms with Gasteiger partial charge in [0.2, 0.25) is 0 Å². The maximum Gasteiger partial charge on any atom is 0.330 e. The third kappa shape index (κ3) is 4.58. The molecule has 1 aliphatic rings. The summed E-state index contributed by atoms with van der Waals surface area (Å²) in [6.45, 7) is 5.11. The molecule has 2 unspecified atom stereocenters. The highest BCUT2D eigenvalue weighted by Crippen LogP contribution is 2.41. The van der Waals surface area contributed by atoms with Crippen molar-refractivity contribution in [3.63, 3.8) is 0 Å². The Labute approximate surface area is 124 Å². The van der Waals surface area contributed by atoms with Crippen LogP contribution in [-0.4, -0.2) is 36.2 Å². The molecule has 6 heteroatoms. The minimum Gasteiger partial charge on any atom is -0.481 e. The van der Waals surface area contributed by atoms with Crippen molar-refractivity contribution in [2.45, 2.75) is 39.0 Å². The highest BCUT2D eigenvalue weighted by atomic mass is 16.5. The van der Waals surface area contributed by atoms with E-state index in [2.05, 4.69) is 6.58 Å². The fourth-order valence-electron chi connectivity index (χ4n) is 2.53. The highest BCUT2D eigenvalue weighted by Gasteiger charge is 2.47. The van der Waals surface area contributed by atoms with Crippen LogP contribution in [0.5, 0.6) is 0 Å². The van der Waals surface area contributed by atoms with Gasteiger partial charge in [-0.1, -0.05) is 19.4 Å². The van der Waals surface area contributed by atoms with E-state index in [1.807, 2.05) is 0 Å². The molecule has 0 spiro atoms. The van der Waals surface area contributed by atoms with Crippen molar-refractivity contribution >= 4 is 17.9 Å². The molecule has 0 radical (unpaired) electrons. The van der Waals surface area contributed by atoms with Gasteiger partial charge in [0.25, 0.3) is 0 Å². The molecule has 0 aromatic rings. The summed E-state index contributed by atoms with van der Waals surface area (Å²) in [4.78, 5) is 34.3. The Morgan fingerprint density at radius 2 is 1.95 bits per heavy atom. The number of carbonyl (C=O) groups is 3. The van der Waals surface area contributed by atoms with Crippen LogP contribution in [0.25, 0.3) is 0 Å². The highest BCUT2D eigenvalue weighted by molar-refractivity contribution is 5.84. The van der Waals surface area contributed by atoms with Gasteiger partial charge in [0.05, 0.1) is 24.5 Å². The van der Waals surface area contributed by atoms with E-state index in [1.165, 1.54) is 0 Å². The van der Waals surface area contributed by atoms with Crippen molar-refractivity contribution in [1.82, 2.24) is 0 Å². The summed E-state index contributed by atoms with van der Waals surface area (Å²) in [6, 6.07) is 0. The molecular formula is C15H22O6. The summed E-state index contributed by atoms with van der Waals surface area (Å²) < 4.78 is 9.88. The Hall–Kier alpha value is -1.85. The monoisotopic (exact) mass is 298 g/mol. The lowest BCUT2D eigenvalue weighted by Gasteiger charge is -2.36. The predicted octanol–water partition coefficient (Wildman–Crippen LogP) is 1.93. The van der Waals surface area contributed by atoms with Crippen LogP contribution in [0.15, 0.2) is 12.7 Å². The number of hydrogen-bond acceptors (Lipinski definition) is 5. The van der Waals surface area contributed by atoms with Gasteiger partial charge in [-0.3, -0.25) is 9.59 Å². The maximum atomic E-state index is 12.1. The first-order valence-electron chi connectivity index (χ1n) is 7.11. The van der Waals surface area contributed by atoms with E-state index in [0.29, 0.717) is 19.3 Å². The minimum absolute atomic E-state index is 0.107. The number of aliphatic carboxylic acids is 1. The van der Waals surface area contributed by atoms with Crippen LogP contribution in [-0.2, 0) is 23.9 Å². The molecule has 0 aliphatic heterocycles. The molecule has 1 saturated carbocycles. The summed E-state index contributed by atoms with van der Waals surface area (Å²) in [5.41, 5.74) is -1.05. The van der Waals surface area contributed by atoms with E-state index in [0.717, 1.165) is 18.9 Å². The van der Waals surface area contributed by atoms with Crippen molar-refractivity contribution < 1.29 is 29.0 Å². The lowest BCUT2D eigenvalue weighted by atomic mass is 9.67. The van der Waals surface area contributed by atoms with E-state index in [-0.39, 0.29) is 13.2 Å². The largest absolute Gasteiger partial charge is 0.481 e. The number of ether oxygens (including phenoxy) is 2. The van der Waals surface area contributed by atoms with Gasteiger partial charge in [0.15, 0.2) is 0 Å². The first-order valence-corrected chi connectivity index (χ1v) is 7.11. The SMILES string of the molecule is C=CC(=O)OCCCOC(=O)C1CCCCC1(C)C(=O)O. The maximum absolute atomic E-state index is 12.1. The van der Waals surface area contributed by atoms with Crippen LogP contribution in [0.3, 0.4) is 0 Å². The molecule has 0 amide bonds. The molecule has 0 saturated heterocycles. The van der Waals surface area contributed by atoms with Gasteiger partial charge in [-0.2, -0.15) is 0 Å². The molecule has 1 N–H and O–H groups in total. The molecule has 0 bridgehead atoms. The minimum atomic E-state index is -1.05. The van der Waals surface area contributed by atoms with Crippen LogP contribution in [0.2, 0.25) is 0 Å². The lowest BCUT2D eigenvalue weighted by Crippen LogP contribution is -2.43. The van der Waals surface area contributed by atoms with Crippen molar-refractivity contribution in [3.05, 3.63) is 12.7 Å². The first kappa shape index (κ1) is 17.2. The predicted molar refractivity (Wildman–Crippen MR) is 74.4 cm³/mol. The molecule has 1 aliphatic carbocycles. The van der Waals surface area contributed by atoms with E-state index < -0.39 is 29.2 Å². The molecule has 0 aromatic heterocycles. The van der Waals surface area contributed by atoms with Gasteiger partial charge in [-0.05, 0) is 19.8 Å². The van der Waals surface area contributed by atoms with Crippen LogP contribution in [0.4, 0.5) is 0 Å². The first-order chi connectivity index (χ1) is 9.91. The van der Waals surface area contributed by atoms with Gasteiger partial charge in [0.1, 0.15) is 0 Å². The normalized spacial score (nSPS) is 24.9. The van der Waals surface area contributed by atoms with Crippen LogP contribution < -0.4 is 0 Å². The van der Waals surface area contributed by atoms with Crippen LogP contribution >= 0.6 is 0 Å². The summed E-state index contributed by atoms with van der Waals surface area (Å²) in [5.74, 6) is -2.56. The molecule has 21 heavy (non-hydrogen) atoms. The second-order valence-corrected chi connectivity index (χ2v) is 5.41. The van der Waals surface area contributed by atoms with E-state index in [1.54, 1.807) is 6.92 Å². The Kier molecular flexibility index (Phi) is 6.39. The number of hydrogen-bond donors (Lipinski definition) is 1. The van der Waals surface area contributed by atoms with Crippen molar-refractivity contribution in [2.24, 2.45) is 11.3 Å². The topological polar surface area (TPSA) is 89.9 Å². The van der Waals surface area contributed by atoms with Crippen molar-refractivity contribution in [2.75, 3.05) is 13.2 Å². The van der Waals surface area contributed by atoms with Gasteiger partial charge in [-0.15, -0.1) is 0 Å². The Morgan fingerprint density at radius 1 is 1.29 bits per heavy atom. The third-order valence-electron chi connectivity index (χ3n) is 3.93. The van der Waals surface area contributed by atoms with E-state index in [9.17, 15) is 19.5 Å². The van der Waals surface area contributed by atoms with Crippen molar-refractivity contribution in [3.8, 4) is 0 Å². The quantitative estimate of drug-likeness (QED) is 0.439. The Morgan fingerprint density at radius 3 is 2.57 bits per heavy atom. The molecule has 0 heterocycles. The summed E-state index contributed by atoms with van der Waals surface area (Å²) in [6.07, 6.45) is 4.10. The average Bonchev–Trinajstić information content (AvgIpc) is 2.46. The fourth-order valence-corrected chi connectivity index (χ4v) is 2.53. The van der Waals surface area contributed by atoms with Gasteiger partial charge in [0, 0.05) is 12.5 Å². The molecular weight excluding hydrogens is 276 g/mol. The zero-order valence-corrected chi connectivity index (χ0v) is 12.3. The molecule has 0 aromatic carbocycles. The lowest BCUT2D eigenvalue weighted by molar-refractivity contribution is -0.168. The second kappa shape index (κ2) is 7.81. The third-order valence-corrected chi connectivity index (χ3v) is 3.93. The molecule has 2 atom stereocenters. The zero-order chi connectivity index (χ0) is 15.9. The molecule has 6 nitrogen and oxygen atoms in total. The van der Waals surface area contributed by atoms with Gasteiger partial charge < -0.3 is 14.6 Å². The smallest absolute Gasteiger partial charge is 0.330 e. The van der Waals surface area contributed by atoms with Gasteiger partial charge in [-0.25, -0.2) is 4.79 Å². The average molecular weight is 298 g/mol. The second-order valence-electron chi connectivity index (χ2n) is 5.41. The van der Waals surface area contributed by atoms with Crippen LogP contribution in [0.1, 0.15) is 39.0 Å². The number of carboxylic acids is 1. The summed E-state index contributed by atoms with van der Waals surface area (Å²) >= 11 is 0. The number of esters is 2. The number of rotatable bonds is 7. The molecule has 1 fully saturated rings.